The van der Waals surface area contributed by atoms with Crippen molar-refractivity contribution in [3.05, 3.63) is 52.1 Å². The number of carbonyl (C=O) groups excluding carboxylic acids is 1. The van der Waals surface area contributed by atoms with Crippen molar-refractivity contribution in [3.8, 4) is 0 Å². The molecule has 0 spiro atoms. The van der Waals surface area contributed by atoms with E-state index in [-0.39, 0.29) is 11.3 Å². The summed E-state index contributed by atoms with van der Waals surface area (Å²) >= 11 is 0. The maximum atomic E-state index is 11.4. The smallest absolute Gasteiger partial charge is 0.328 e. The van der Waals surface area contributed by atoms with Crippen LogP contribution >= 0.6 is 0 Å². The molecule has 0 aliphatic rings. The Balaban J connectivity index is 3.09. The van der Waals surface area contributed by atoms with E-state index in [2.05, 4.69) is 0 Å². The lowest BCUT2D eigenvalue weighted by Gasteiger charge is -1.97. The lowest BCUT2D eigenvalue weighted by atomic mass is 10.1. The Bertz CT molecular complexity index is 478. The summed E-state index contributed by atoms with van der Waals surface area (Å²) in [5.41, 5.74) is -0.479. The Labute approximate surface area is 90.0 Å². The van der Waals surface area contributed by atoms with E-state index in [1.807, 2.05) is 0 Å². The summed E-state index contributed by atoms with van der Waals surface area (Å²) in [6.45, 7) is 0. The summed E-state index contributed by atoms with van der Waals surface area (Å²) < 4.78 is 0. The first-order valence-corrected chi connectivity index (χ1v) is 4.21. The highest BCUT2D eigenvalue weighted by Gasteiger charge is 2.16. The molecule has 0 heterocycles. The van der Waals surface area contributed by atoms with Gasteiger partial charge in [-0.15, -0.1) is 0 Å². The first-order chi connectivity index (χ1) is 7.52. The molecule has 1 aromatic carbocycles. The largest absolute Gasteiger partial charge is 0.478 e. The Morgan fingerprint density at radius 2 is 1.88 bits per heavy atom. The van der Waals surface area contributed by atoms with E-state index in [1.165, 1.54) is 24.3 Å². The number of nitro benzene ring substituents is 1. The zero-order valence-electron chi connectivity index (χ0n) is 7.99. The number of nitrogens with zero attached hydrogens (tertiary/aromatic N) is 1. The molecule has 0 radical (unpaired) electrons. The van der Waals surface area contributed by atoms with Gasteiger partial charge in [0.1, 0.15) is 0 Å². The second-order valence-corrected chi connectivity index (χ2v) is 2.81. The monoisotopic (exact) mass is 221 g/mol. The average molecular weight is 221 g/mol. The van der Waals surface area contributed by atoms with Gasteiger partial charge in [-0.05, 0) is 12.1 Å². The standard InChI is InChI=1S/C10H7NO5/c12-9(5-6-10(13)14)7-3-1-2-4-8(7)11(15)16/h1-6H,(H,13,14)/b6-5+. The van der Waals surface area contributed by atoms with Crippen molar-refractivity contribution in [1.29, 1.82) is 0 Å². The molecule has 1 aromatic rings. The number of carbonyl (C=O) groups is 2. The Morgan fingerprint density at radius 1 is 1.25 bits per heavy atom. The molecule has 0 unspecified atom stereocenters. The Hall–Kier alpha value is -2.50. The van der Waals surface area contributed by atoms with Crippen molar-refractivity contribution < 1.29 is 19.6 Å². The number of aliphatic carboxylic acids is 1. The van der Waals surface area contributed by atoms with Crippen LogP contribution in [0.4, 0.5) is 5.69 Å². The number of carboxylic acids is 1. The van der Waals surface area contributed by atoms with Crippen molar-refractivity contribution >= 4 is 17.4 Å². The van der Waals surface area contributed by atoms with Gasteiger partial charge in [0.05, 0.1) is 10.5 Å². The molecule has 16 heavy (non-hydrogen) atoms. The van der Waals surface area contributed by atoms with Gasteiger partial charge in [0.15, 0.2) is 5.78 Å². The van der Waals surface area contributed by atoms with Crippen molar-refractivity contribution in [1.82, 2.24) is 0 Å². The third-order valence-corrected chi connectivity index (χ3v) is 1.74. The van der Waals surface area contributed by atoms with E-state index in [4.69, 9.17) is 5.11 Å². The van der Waals surface area contributed by atoms with Crippen LogP contribution in [0.3, 0.4) is 0 Å². The molecule has 0 atom stereocenters. The van der Waals surface area contributed by atoms with Crippen LogP contribution in [0.1, 0.15) is 10.4 Å². The number of hydrogen-bond acceptors (Lipinski definition) is 4. The molecular weight excluding hydrogens is 214 g/mol. The highest BCUT2D eigenvalue weighted by molar-refractivity contribution is 6.09. The first-order valence-electron chi connectivity index (χ1n) is 4.21. The molecule has 1 rings (SSSR count). The fraction of sp³-hybridized carbons (Fsp3) is 0. The number of carboxylic acid groups (broad SMARTS) is 1. The van der Waals surface area contributed by atoms with Crippen molar-refractivity contribution in [3.63, 3.8) is 0 Å². The third kappa shape index (κ3) is 2.74. The quantitative estimate of drug-likeness (QED) is 0.359. The van der Waals surface area contributed by atoms with E-state index in [0.717, 1.165) is 6.08 Å². The minimum Gasteiger partial charge on any atom is -0.478 e. The summed E-state index contributed by atoms with van der Waals surface area (Å²) in [5.74, 6) is -2.00. The van der Waals surface area contributed by atoms with Gasteiger partial charge in [-0.3, -0.25) is 14.9 Å². The summed E-state index contributed by atoms with van der Waals surface area (Å²) in [6, 6.07) is 5.35. The van der Waals surface area contributed by atoms with Crippen LogP contribution in [0.15, 0.2) is 36.4 Å². The van der Waals surface area contributed by atoms with Crippen molar-refractivity contribution in [2.75, 3.05) is 0 Å². The summed E-state index contributed by atoms with van der Waals surface area (Å²) in [4.78, 5) is 31.5. The minimum absolute atomic E-state index is 0.134. The highest BCUT2D eigenvalue weighted by atomic mass is 16.6. The summed E-state index contributed by atoms with van der Waals surface area (Å²) in [5, 5.41) is 18.9. The predicted octanol–water partition coefficient (Wildman–Crippen LogP) is 1.42. The molecule has 0 fully saturated rings. The van der Waals surface area contributed by atoms with Crippen LogP contribution in [-0.2, 0) is 4.79 Å². The number of allylic oxidation sites excluding steroid dienone is 1. The minimum atomic E-state index is -1.29. The van der Waals surface area contributed by atoms with Crippen LogP contribution in [0.2, 0.25) is 0 Å². The summed E-state index contributed by atoms with van der Waals surface area (Å²) in [7, 11) is 0. The van der Waals surface area contributed by atoms with Crippen LogP contribution < -0.4 is 0 Å². The van der Waals surface area contributed by atoms with Crippen molar-refractivity contribution in [2.24, 2.45) is 0 Å². The van der Waals surface area contributed by atoms with Crippen LogP contribution in [0.5, 0.6) is 0 Å². The molecule has 82 valence electrons. The normalized spacial score (nSPS) is 10.2. The fourth-order valence-electron chi connectivity index (χ4n) is 1.08. The van der Waals surface area contributed by atoms with Gasteiger partial charge in [-0.1, -0.05) is 12.1 Å². The van der Waals surface area contributed by atoms with Crippen LogP contribution in [0.25, 0.3) is 0 Å². The molecule has 6 nitrogen and oxygen atoms in total. The van der Waals surface area contributed by atoms with Gasteiger partial charge in [0.2, 0.25) is 0 Å². The van der Waals surface area contributed by atoms with Gasteiger partial charge >= 0.3 is 5.97 Å². The van der Waals surface area contributed by atoms with E-state index in [0.29, 0.717) is 6.08 Å². The zero-order valence-corrected chi connectivity index (χ0v) is 7.99. The van der Waals surface area contributed by atoms with E-state index in [1.54, 1.807) is 0 Å². The molecule has 1 N–H and O–H groups in total. The van der Waals surface area contributed by atoms with Gasteiger partial charge in [-0.2, -0.15) is 0 Å². The van der Waals surface area contributed by atoms with Gasteiger partial charge in [0.25, 0.3) is 5.69 Å². The Kier molecular flexibility index (Phi) is 3.49. The number of hydrogen-bond donors (Lipinski definition) is 1. The lowest BCUT2D eigenvalue weighted by Crippen LogP contribution is -2.01. The molecule has 6 heteroatoms. The molecule has 0 aliphatic heterocycles. The Morgan fingerprint density at radius 3 is 2.44 bits per heavy atom. The highest BCUT2D eigenvalue weighted by Crippen LogP contribution is 2.18. The SMILES string of the molecule is O=C(O)/C=C/C(=O)c1ccccc1[N+](=O)[O-]. The number of rotatable bonds is 4. The van der Waals surface area contributed by atoms with E-state index < -0.39 is 16.7 Å². The zero-order chi connectivity index (χ0) is 12.1. The molecule has 0 saturated heterocycles. The third-order valence-electron chi connectivity index (χ3n) is 1.74. The maximum Gasteiger partial charge on any atom is 0.328 e. The van der Waals surface area contributed by atoms with Gasteiger partial charge in [0, 0.05) is 12.1 Å². The average Bonchev–Trinajstić information content (AvgIpc) is 2.25. The van der Waals surface area contributed by atoms with E-state index >= 15 is 0 Å². The first kappa shape index (κ1) is 11.6. The fourth-order valence-corrected chi connectivity index (χ4v) is 1.08. The number of para-hydroxylation sites is 1. The molecule has 0 saturated carbocycles. The lowest BCUT2D eigenvalue weighted by molar-refractivity contribution is -0.385. The molecule has 0 bridgehead atoms. The predicted molar refractivity (Wildman–Crippen MR) is 54.2 cm³/mol. The summed E-state index contributed by atoms with van der Waals surface area (Å²) in [6.07, 6.45) is 1.42. The number of benzene rings is 1. The van der Waals surface area contributed by atoms with E-state index in [9.17, 15) is 19.7 Å². The van der Waals surface area contributed by atoms with Crippen LogP contribution in [0, 0.1) is 10.1 Å². The van der Waals surface area contributed by atoms with Crippen LogP contribution in [-0.4, -0.2) is 21.8 Å². The van der Waals surface area contributed by atoms with Gasteiger partial charge < -0.3 is 5.11 Å². The maximum absolute atomic E-state index is 11.4. The number of nitro groups is 1. The molecular formula is C10H7NO5. The number of ketones is 1. The van der Waals surface area contributed by atoms with Crippen molar-refractivity contribution in [2.45, 2.75) is 0 Å². The second kappa shape index (κ2) is 4.83. The van der Waals surface area contributed by atoms with Gasteiger partial charge in [-0.25, -0.2) is 4.79 Å². The topological polar surface area (TPSA) is 97.5 Å². The molecule has 0 aliphatic carbocycles. The molecule has 0 amide bonds. The second-order valence-electron chi connectivity index (χ2n) is 2.81. The molecule has 0 aromatic heterocycles.